The van der Waals surface area contributed by atoms with E-state index >= 15 is 0 Å². The van der Waals surface area contributed by atoms with Gasteiger partial charge < -0.3 is 4.74 Å². The van der Waals surface area contributed by atoms with Crippen LogP contribution in [0.3, 0.4) is 0 Å². The number of carbonyl (C=O) groups excluding carboxylic acids is 1. The van der Waals surface area contributed by atoms with E-state index in [-0.39, 0.29) is 22.7 Å². The van der Waals surface area contributed by atoms with Crippen LogP contribution in [0.1, 0.15) is 59.8 Å². The molecule has 0 unspecified atom stereocenters. The predicted molar refractivity (Wildman–Crippen MR) is 91.4 cm³/mol. The molecule has 0 radical (unpaired) electrons. The van der Waals surface area contributed by atoms with Crippen molar-refractivity contribution < 1.29 is 9.53 Å². The van der Waals surface area contributed by atoms with Crippen LogP contribution < -0.4 is 0 Å². The molecule has 2 aliphatic carbocycles. The van der Waals surface area contributed by atoms with E-state index in [0.29, 0.717) is 11.8 Å². The average molecular weight is 304 g/mol. The number of fused-ring (bicyclic) bond motifs is 1. The summed E-state index contributed by atoms with van der Waals surface area (Å²) >= 11 is 0. The molecule has 0 aromatic carbocycles. The van der Waals surface area contributed by atoms with Crippen molar-refractivity contribution in [2.24, 2.45) is 28.6 Å². The quantitative estimate of drug-likeness (QED) is 0.532. The lowest BCUT2D eigenvalue weighted by molar-refractivity contribution is -0.143. The van der Waals surface area contributed by atoms with Crippen molar-refractivity contribution in [3.63, 3.8) is 0 Å². The number of allylic oxidation sites excluding steroid dienone is 2. The molecule has 2 aliphatic rings. The SMILES string of the molecule is C=C1CCC[C@H]2[C@](C)(/C=C/[C@@H](C)C(=O)OC)[C@@H](C)CC[C@@]12C. The highest BCUT2D eigenvalue weighted by atomic mass is 16.5. The molecule has 2 fully saturated rings. The molecule has 0 aromatic heterocycles. The second kappa shape index (κ2) is 6.22. The number of hydrogen-bond donors (Lipinski definition) is 0. The summed E-state index contributed by atoms with van der Waals surface area (Å²) in [5.41, 5.74) is 1.84. The molecule has 0 heterocycles. The van der Waals surface area contributed by atoms with E-state index in [1.54, 1.807) is 0 Å². The third-order valence-electron chi connectivity index (χ3n) is 6.77. The van der Waals surface area contributed by atoms with Crippen molar-refractivity contribution in [1.82, 2.24) is 0 Å². The van der Waals surface area contributed by atoms with E-state index in [4.69, 9.17) is 4.74 Å². The van der Waals surface area contributed by atoms with Gasteiger partial charge in [0.2, 0.25) is 0 Å². The smallest absolute Gasteiger partial charge is 0.312 e. The highest BCUT2D eigenvalue weighted by molar-refractivity contribution is 5.73. The van der Waals surface area contributed by atoms with E-state index < -0.39 is 0 Å². The maximum absolute atomic E-state index is 11.7. The van der Waals surface area contributed by atoms with Gasteiger partial charge in [0.1, 0.15) is 0 Å². The van der Waals surface area contributed by atoms with Crippen LogP contribution in [0, 0.1) is 28.6 Å². The number of hydrogen-bond acceptors (Lipinski definition) is 2. The zero-order valence-electron chi connectivity index (χ0n) is 14.9. The standard InChI is InChI=1S/C20H32O2/c1-14(18(21)22-6)10-12-19(4)16(3)11-13-20(5)15(2)8-7-9-17(19)20/h10,12,14,16-17H,2,7-9,11,13H2,1,3-6H3/b12-10+/t14-,16+,17+,19-,20+/m1/s1. The van der Waals surface area contributed by atoms with Gasteiger partial charge in [-0.15, -0.1) is 0 Å². The lowest BCUT2D eigenvalue weighted by Gasteiger charge is -2.57. The maximum atomic E-state index is 11.7. The molecular formula is C20H32O2. The van der Waals surface area contributed by atoms with Crippen LogP contribution in [0.25, 0.3) is 0 Å². The van der Waals surface area contributed by atoms with Crippen molar-refractivity contribution in [1.29, 1.82) is 0 Å². The molecular weight excluding hydrogens is 272 g/mol. The van der Waals surface area contributed by atoms with Gasteiger partial charge in [0.15, 0.2) is 0 Å². The molecule has 5 atom stereocenters. The van der Waals surface area contributed by atoms with E-state index in [2.05, 4.69) is 39.5 Å². The Morgan fingerprint density at radius 2 is 2.09 bits per heavy atom. The van der Waals surface area contributed by atoms with E-state index in [9.17, 15) is 4.79 Å². The molecule has 2 rings (SSSR count). The Morgan fingerprint density at radius 1 is 1.41 bits per heavy atom. The van der Waals surface area contributed by atoms with Gasteiger partial charge in [-0.1, -0.05) is 45.1 Å². The monoisotopic (exact) mass is 304 g/mol. The van der Waals surface area contributed by atoms with Gasteiger partial charge in [-0.25, -0.2) is 0 Å². The highest BCUT2D eigenvalue weighted by Crippen LogP contribution is 2.61. The van der Waals surface area contributed by atoms with Crippen molar-refractivity contribution in [2.45, 2.75) is 59.8 Å². The minimum Gasteiger partial charge on any atom is -0.469 e. The van der Waals surface area contributed by atoms with E-state index in [1.165, 1.54) is 44.8 Å². The molecule has 0 bridgehead atoms. The molecule has 2 saturated carbocycles. The number of carbonyl (C=O) groups is 1. The van der Waals surface area contributed by atoms with Crippen molar-refractivity contribution >= 4 is 5.97 Å². The minimum atomic E-state index is -0.172. The van der Waals surface area contributed by atoms with Crippen molar-refractivity contribution in [3.05, 3.63) is 24.3 Å². The van der Waals surface area contributed by atoms with Gasteiger partial charge in [0.25, 0.3) is 0 Å². The Hall–Kier alpha value is -1.05. The number of ether oxygens (including phenoxy) is 1. The first-order valence-electron chi connectivity index (χ1n) is 8.71. The summed E-state index contributed by atoms with van der Waals surface area (Å²) < 4.78 is 4.85. The van der Waals surface area contributed by atoms with Gasteiger partial charge in [-0.05, 0) is 61.7 Å². The predicted octanol–water partition coefficient (Wildman–Crippen LogP) is 5.15. The Bertz CT molecular complexity index is 478. The molecule has 0 aromatic rings. The third-order valence-corrected chi connectivity index (χ3v) is 6.77. The Kier molecular flexibility index (Phi) is 4.89. The third kappa shape index (κ3) is 2.77. The van der Waals surface area contributed by atoms with Gasteiger partial charge in [0.05, 0.1) is 13.0 Å². The van der Waals surface area contributed by atoms with Gasteiger partial charge in [-0.2, -0.15) is 0 Å². The first kappa shape index (κ1) is 17.3. The fourth-order valence-electron chi connectivity index (χ4n) is 4.79. The summed E-state index contributed by atoms with van der Waals surface area (Å²) in [6.45, 7) is 13.5. The van der Waals surface area contributed by atoms with E-state index in [1.807, 2.05) is 6.92 Å². The molecule has 0 saturated heterocycles. The summed E-state index contributed by atoms with van der Waals surface area (Å²) in [5, 5.41) is 0. The van der Waals surface area contributed by atoms with Crippen molar-refractivity contribution in [2.75, 3.05) is 7.11 Å². The van der Waals surface area contributed by atoms with Crippen LogP contribution in [0.2, 0.25) is 0 Å². The number of esters is 1. The topological polar surface area (TPSA) is 26.3 Å². The summed E-state index contributed by atoms with van der Waals surface area (Å²) in [7, 11) is 1.46. The minimum absolute atomic E-state index is 0.138. The Labute approximate surface area is 136 Å². The van der Waals surface area contributed by atoms with Crippen LogP contribution in [0.4, 0.5) is 0 Å². The summed E-state index contributed by atoms with van der Waals surface area (Å²) in [6.07, 6.45) is 10.6. The second-order valence-corrected chi connectivity index (χ2v) is 7.94. The fourth-order valence-corrected chi connectivity index (χ4v) is 4.79. The molecule has 0 spiro atoms. The molecule has 2 heteroatoms. The lowest BCUT2D eigenvalue weighted by atomic mass is 9.47. The van der Waals surface area contributed by atoms with Gasteiger partial charge in [0, 0.05) is 0 Å². The molecule has 2 nitrogen and oxygen atoms in total. The van der Waals surface area contributed by atoms with Crippen LogP contribution in [0.5, 0.6) is 0 Å². The Morgan fingerprint density at radius 3 is 2.73 bits per heavy atom. The van der Waals surface area contributed by atoms with Crippen LogP contribution in [0.15, 0.2) is 24.3 Å². The average Bonchev–Trinajstić information content (AvgIpc) is 2.50. The van der Waals surface area contributed by atoms with Gasteiger partial charge in [-0.3, -0.25) is 4.79 Å². The summed E-state index contributed by atoms with van der Waals surface area (Å²) in [5.74, 6) is 0.941. The number of rotatable bonds is 3. The maximum Gasteiger partial charge on any atom is 0.312 e. The molecule has 0 amide bonds. The molecule has 0 aliphatic heterocycles. The van der Waals surface area contributed by atoms with Crippen LogP contribution >= 0.6 is 0 Å². The Balaban J connectivity index is 2.30. The van der Waals surface area contributed by atoms with Gasteiger partial charge >= 0.3 is 5.97 Å². The first-order valence-corrected chi connectivity index (χ1v) is 8.71. The second-order valence-electron chi connectivity index (χ2n) is 7.94. The molecule has 0 N–H and O–H groups in total. The zero-order chi connectivity index (χ0) is 16.5. The highest BCUT2D eigenvalue weighted by Gasteiger charge is 2.52. The normalized spacial score (nSPS) is 40.3. The zero-order valence-corrected chi connectivity index (χ0v) is 14.9. The largest absolute Gasteiger partial charge is 0.469 e. The number of methoxy groups -OCH3 is 1. The van der Waals surface area contributed by atoms with Crippen molar-refractivity contribution in [3.8, 4) is 0 Å². The summed E-state index contributed by atoms with van der Waals surface area (Å²) in [6, 6.07) is 0. The van der Waals surface area contributed by atoms with E-state index in [0.717, 1.165) is 0 Å². The first-order chi connectivity index (χ1) is 10.3. The lowest BCUT2D eigenvalue weighted by Crippen LogP contribution is -2.49. The summed E-state index contributed by atoms with van der Waals surface area (Å²) in [4.78, 5) is 11.7. The molecule has 22 heavy (non-hydrogen) atoms. The molecule has 124 valence electrons. The van der Waals surface area contributed by atoms with Crippen LogP contribution in [-0.4, -0.2) is 13.1 Å². The van der Waals surface area contributed by atoms with Crippen LogP contribution in [-0.2, 0) is 9.53 Å². The fraction of sp³-hybridized carbons (Fsp3) is 0.750.